The van der Waals surface area contributed by atoms with Gasteiger partial charge in [-0.15, -0.1) is 0 Å². The molecule has 0 radical (unpaired) electrons. The maximum atomic E-state index is 11.0. The smallest absolute Gasteiger partial charge is 0.310 e. The Morgan fingerprint density at radius 1 is 1.60 bits per heavy atom. The van der Waals surface area contributed by atoms with Crippen molar-refractivity contribution in [3.63, 3.8) is 0 Å². The van der Waals surface area contributed by atoms with E-state index in [1.807, 2.05) is 18.2 Å². The number of carboxylic acid groups (broad SMARTS) is 1. The average molecular weight is 206 g/mol. The molecule has 1 aromatic carbocycles. The topological polar surface area (TPSA) is 46.5 Å². The van der Waals surface area contributed by atoms with Gasteiger partial charge in [0.1, 0.15) is 5.75 Å². The van der Waals surface area contributed by atoms with Gasteiger partial charge in [0.25, 0.3) is 0 Å². The van der Waals surface area contributed by atoms with Gasteiger partial charge in [-0.25, -0.2) is 0 Å². The zero-order chi connectivity index (χ0) is 11.0. The number of fused-ring (bicyclic) bond motifs is 1. The molecule has 0 fully saturated rings. The molecule has 15 heavy (non-hydrogen) atoms. The molecule has 0 saturated heterocycles. The number of hydrogen-bond acceptors (Lipinski definition) is 2. The molecule has 1 N–H and O–H groups in total. The first-order valence-corrected chi connectivity index (χ1v) is 5.09. The second-order valence-corrected chi connectivity index (χ2v) is 4.03. The fourth-order valence-electron chi connectivity index (χ4n) is 2.02. The third-order valence-corrected chi connectivity index (χ3v) is 2.92. The predicted octanol–water partition coefficient (Wildman–Crippen LogP) is 2.37. The molecule has 1 aliphatic heterocycles. The number of rotatable bonds is 2. The number of ether oxygens (including phenoxy) is 1. The van der Waals surface area contributed by atoms with E-state index in [1.165, 1.54) is 0 Å². The number of carboxylic acids is 1. The van der Waals surface area contributed by atoms with Crippen LogP contribution in [-0.2, 0) is 4.79 Å². The fourth-order valence-corrected chi connectivity index (χ4v) is 2.02. The van der Waals surface area contributed by atoms with Crippen molar-refractivity contribution >= 4 is 5.97 Å². The molecule has 0 aliphatic carbocycles. The molecule has 2 atom stereocenters. The van der Waals surface area contributed by atoms with Crippen LogP contribution in [0.3, 0.4) is 0 Å². The van der Waals surface area contributed by atoms with Gasteiger partial charge in [0.05, 0.1) is 12.5 Å². The van der Waals surface area contributed by atoms with Crippen LogP contribution in [0.4, 0.5) is 0 Å². The molecule has 0 bridgehead atoms. The molecule has 80 valence electrons. The molecule has 3 nitrogen and oxygen atoms in total. The van der Waals surface area contributed by atoms with Crippen LogP contribution < -0.4 is 4.74 Å². The van der Waals surface area contributed by atoms with Crippen molar-refractivity contribution in [2.75, 3.05) is 6.61 Å². The lowest BCUT2D eigenvalue weighted by atomic mass is 9.90. The molecule has 2 unspecified atom stereocenters. The predicted molar refractivity (Wildman–Crippen MR) is 56.4 cm³/mol. The van der Waals surface area contributed by atoms with E-state index in [2.05, 4.69) is 6.92 Å². The summed E-state index contributed by atoms with van der Waals surface area (Å²) in [4.78, 5) is 11.0. The van der Waals surface area contributed by atoms with E-state index < -0.39 is 11.9 Å². The minimum absolute atomic E-state index is 0.290. The van der Waals surface area contributed by atoms with E-state index >= 15 is 0 Å². The van der Waals surface area contributed by atoms with Crippen molar-refractivity contribution in [3.8, 4) is 5.75 Å². The molecule has 3 heteroatoms. The zero-order valence-corrected chi connectivity index (χ0v) is 8.86. The van der Waals surface area contributed by atoms with E-state index in [-0.39, 0.29) is 5.92 Å². The summed E-state index contributed by atoms with van der Waals surface area (Å²) in [5, 5.41) is 9.01. The largest absolute Gasteiger partial charge is 0.493 e. The first kappa shape index (κ1) is 10.0. The normalized spacial score (nSPS) is 20.5. The quantitative estimate of drug-likeness (QED) is 0.808. The van der Waals surface area contributed by atoms with Gasteiger partial charge in [-0.05, 0) is 18.6 Å². The summed E-state index contributed by atoms with van der Waals surface area (Å²) in [6.45, 7) is 4.42. The summed E-state index contributed by atoms with van der Waals surface area (Å²) in [7, 11) is 0. The van der Waals surface area contributed by atoms with E-state index in [0.29, 0.717) is 6.61 Å². The summed E-state index contributed by atoms with van der Waals surface area (Å²) >= 11 is 0. The van der Waals surface area contributed by atoms with Gasteiger partial charge in [0, 0.05) is 11.5 Å². The van der Waals surface area contributed by atoms with Gasteiger partial charge in [0.15, 0.2) is 0 Å². The number of aliphatic carboxylic acids is 1. The first-order chi connectivity index (χ1) is 7.11. The van der Waals surface area contributed by atoms with Crippen molar-refractivity contribution in [3.05, 3.63) is 29.3 Å². The third-order valence-electron chi connectivity index (χ3n) is 2.92. The van der Waals surface area contributed by atoms with E-state index in [4.69, 9.17) is 9.84 Å². The Balaban J connectivity index is 2.49. The fraction of sp³-hybridized carbons (Fsp3) is 0.417. The van der Waals surface area contributed by atoms with Crippen molar-refractivity contribution in [1.29, 1.82) is 0 Å². The lowest BCUT2D eigenvalue weighted by Crippen LogP contribution is -2.10. The molecular formula is C12H14O3. The van der Waals surface area contributed by atoms with Crippen LogP contribution >= 0.6 is 0 Å². The monoisotopic (exact) mass is 206 g/mol. The van der Waals surface area contributed by atoms with Crippen LogP contribution in [0.1, 0.15) is 36.8 Å². The van der Waals surface area contributed by atoms with Crippen molar-refractivity contribution in [2.24, 2.45) is 0 Å². The van der Waals surface area contributed by atoms with Crippen LogP contribution in [-0.4, -0.2) is 17.7 Å². The SMILES string of the molecule is CC1COc2cccc(C(C)C(=O)O)c21. The highest BCUT2D eigenvalue weighted by Gasteiger charge is 2.27. The molecule has 0 aromatic heterocycles. The standard InChI is InChI=1S/C12H14O3/c1-7-6-15-10-5-3-4-9(11(7)10)8(2)12(13)14/h3-5,7-8H,6H2,1-2H3,(H,13,14). The second kappa shape index (κ2) is 3.57. The lowest BCUT2D eigenvalue weighted by Gasteiger charge is -2.12. The van der Waals surface area contributed by atoms with Crippen molar-refractivity contribution in [1.82, 2.24) is 0 Å². The highest BCUT2D eigenvalue weighted by atomic mass is 16.5. The van der Waals surface area contributed by atoms with Gasteiger partial charge >= 0.3 is 5.97 Å². The zero-order valence-electron chi connectivity index (χ0n) is 8.86. The van der Waals surface area contributed by atoms with Gasteiger partial charge in [-0.1, -0.05) is 19.1 Å². The van der Waals surface area contributed by atoms with Crippen LogP contribution in [0.25, 0.3) is 0 Å². The Morgan fingerprint density at radius 3 is 3.00 bits per heavy atom. The van der Waals surface area contributed by atoms with Crippen LogP contribution in [0.2, 0.25) is 0 Å². The van der Waals surface area contributed by atoms with E-state index in [0.717, 1.165) is 16.9 Å². The maximum Gasteiger partial charge on any atom is 0.310 e. The minimum atomic E-state index is -0.789. The average Bonchev–Trinajstić information content (AvgIpc) is 2.59. The van der Waals surface area contributed by atoms with Gasteiger partial charge in [-0.2, -0.15) is 0 Å². The molecule has 1 aromatic rings. The van der Waals surface area contributed by atoms with E-state index in [9.17, 15) is 4.79 Å². The molecule has 0 saturated carbocycles. The van der Waals surface area contributed by atoms with E-state index in [1.54, 1.807) is 6.92 Å². The molecule has 0 spiro atoms. The molecule has 1 aliphatic rings. The molecule has 2 rings (SSSR count). The molecule has 0 amide bonds. The summed E-state index contributed by atoms with van der Waals surface area (Å²) in [6, 6.07) is 5.63. The van der Waals surface area contributed by atoms with Gasteiger partial charge < -0.3 is 9.84 Å². The Labute approximate surface area is 88.7 Å². The van der Waals surface area contributed by atoms with Crippen LogP contribution in [0.5, 0.6) is 5.75 Å². The maximum absolute atomic E-state index is 11.0. The Morgan fingerprint density at radius 2 is 2.33 bits per heavy atom. The summed E-state index contributed by atoms with van der Waals surface area (Å²) in [5.41, 5.74) is 1.94. The number of carbonyl (C=O) groups is 1. The Hall–Kier alpha value is -1.51. The second-order valence-electron chi connectivity index (χ2n) is 4.03. The van der Waals surface area contributed by atoms with Crippen molar-refractivity contribution in [2.45, 2.75) is 25.7 Å². The highest BCUT2D eigenvalue weighted by Crippen LogP contribution is 2.38. The number of benzene rings is 1. The summed E-state index contributed by atoms with van der Waals surface area (Å²) < 4.78 is 5.49. The molecular weight excluding hydrogens is 192 g/mol. The highest BCUT2D eigenvalue weighted by molar-refractivity contribution is 5.76. The third kappa shape index (κ3) is 1.58. The number of hydrogen-bond donors (Lipinski definition) is 1. The van der Waals surface area contributed by atoms with Crippen LogP contribution in [0, 0.1) is 0 Å². The van der Waals surface area contributed by atoms with Gasteiger partial charge in [-0.3, -0.25) is 4.79 Å². The minimum Gasteiger partial charge on any atom is -0.493 e. The first-order valence-electron chi connectivity index (χ1n) is 5.09. The summed E-state index contributed by atoms with van der Waals surface area (Å²) in [6.07, 6.45) is 0. The van der Waals surface area contributed by atoms with Gasteiger partial charge in [0.2, 0.25) is 0 Å². The molecule has 1 heterocycles. The Bertz CT molecular complexity index is 398. The lowest BCUT2D eigenvalue weighted by molar-refractivity contribution is -0.138. The van der Waals surface area contributed by atoms with Crippen molar-refractivity contribution < 1.29 is 14.6 Å². The Kier molecular flexibility index (Phi) is 2.39. The summed E-state index contributed by atoms with van der Waals surface area (Å²) in [5.74, 6) is -0.127. The van der Waals surface area contributed by atoms with Crippen LogP contribution in [0.15, 0.2) is 18.2 Å².